The van der Waals surface area contributed by atoms with Crippen LogP contribution in [0.4, 0.5) is 5.69 Å². The van der Waals surface area contributed by atoms with Crippen molar-refractivity contribution in [3.8, 4) is 0 Å². The molecule has 1 aromatic carbocycles. The fourth-order valence-corrected chi connectivity index (χ4v) is 3.64. The van der Waals surface area contributed by atoms with Crippen molar-refractivity contribution in [2.45, 2.75) is 45.1 Å². The molecule has 2 aliphatic heterocycles. The van der Waals surface area contributed by atoms with Gasteiger partial charge in [0.15, 0.2) is 0 Å². The van der Waals surface area contributed by atoms with Crippen LogP contribution < -0.4 is 5.32 Å². The molecule has 0 radical (unpaired) electrons. The Bertz CT molecular complexity index is 415. The average Bonchev–Trinajstić information content (AvgIpc) is 2.72. The molecule has 2 atom stereocenters. The van der Waals surface area contributed by atoms with E-state index in [-0.39, 0.29) is 0 Å². The summed E-state index contributed by atoms with van der Waals surface area (Å²) in [6.45, 7) is 6.06. The van der Waals surface area contributed by atoms with Crippen molar-refractivity contribution >= 4 is 5.69 Å². The molecule has 104 valence electrons. The van der Waals surface area contributed by atoms with Crippen LogP contribution in [0.2, 0.25) is 0 Å². The maximum atomic E-state index is 3.61. The summed E-state index contributed by atoms with van der Waals surface area (Å²) in [5.74, 6) is 0.967. The first-order valence-corrected chi connectivity index (χ1v) is 7.92. The maximum absolute atomic E-state index is 3.61. The van der Waals surface area contributed by atoms with Crippen LogP contribution in [0.1, 0.15) is 38.2 Å². The lowest BCUT2D eigenvalue weighted by molar-refractivity contribution is 0.204. The molecule has 0 amide bonds. The van der Waals surface area contributed by atoms with Crippen molar-refractivity contribution < 1.29 is 0 Å². The monoisotopic (exact) mass is 258 g/mol. The first kappa shape index (κ1) is 13.0. The summed E-state index contributed by atoms with van der Waals surface area (Å²) in [5.41, 5.74) is 2.84. The van der Waals surface area contributed by atoms with Crippen molar-refractivity contribution in [2.24, 2.45) is 5.92 Å². The van der Waals surface area contributed by atoms with Gasteiger partial charge < -0.3 is 5.32 Å². The van der Waals surface area contributed by atoms with Gasteiger partial charge in [0, 0.05) is 18.3 Å². The maximum Gasteiger partial charge on any atom is 0.0373 e. The van der Waals surface area contributed by atoms with Gasteiger partial charge in [-0.3, -0.25) is 4.90 Å². The molecule has 2 unspecified atom stereocenters. The van der Waals surface area contributed by atoms with Crippen molar-refractivity contribution in [1.82, 2.24) is 4.90 Å². The van der Waals surface area contributed by atoms with E-state index in [0.29, 0.717) is 6.04 Å². The number of hydrogen-bond acceptors (Lipinski definition) is 2. The van der Waals surface area contributed by atoms with Gasteiger partial charge in [-0.15, -0.1) is 0 Å². The zero-order valence-corrected chi connectivity index (χ0v) is 12.1. The van der Waals surface area contributed by atoms with Gasteiger partial charge >= 0.3 is 0 Å². The molecule has 0 bridgehead atoms. The lowest BCUT2D eigenvalue weighted by Gasteiger charge is -2.35. The zero-order valence-electron chi connectivity index (χ0n) is 12.1. The quantitative estimate of drug-likeness (QED) is 0.873. The molecule has 2 nitrogen and oxygen atoms in total. The predicted molar refractivity (Wildman–Crippen MR) is 81.6 cm³/mol. The van der Waals surface area contributed by atoms with Gasteiger partial charge in [0.25, 0.3) is 0 Å². The minimum Gasteiger partial charge on any atom is -0.383 e. The number of rotatable bonds is 2. The van der Waals surface area contributed by atoms with Crippen LogP contribution >= 0.6 is 0 Å². The minimum absolute atomic E-state index is 0.700. The highest BCUT2D eigenvalue weighted by Crippen LogP contribution is 2.27. The SMILES string of the molecule is CCC1CCCN(C2CNc3ccccc3C2)CC1. The largest absolute Gasteiger partial charge is 0.383 e. The Labute approximate surface area is 117 Å². The van der Waals surface area contributed by atoms with E-state index in [1.807, 2.05) is 0 Å². The Kier molecular flexibility index (Phi) is 4.07. The number of hydrogen-bond donors (Lipinski definition) is 1. The Hall–Kier alpha value is -1.02. The highest BCUT2D eigenvalue weighted by Gasteiger charge is 2.25. The first-order valence-electron chi connectivity index (χ1n) is 7.92. The molecule has 2 heteroatoms. The van der Waals surface area contributed by atoms with Gasteiger partial charge in [-0.05, 0) is 56.3 Å². The topological polar surface area (TPSA) is 15.3 Å². The molecule has 19 heavy (non-hydrogen) atoms. The Morgan fingerprint density at radius 1 is 1.21 bits per heavy atom. The number of para-hydroxylation sites is 1. The number of benzene rings is 1. The van der Waals surface area contributed by atoms with Crippen molar-refractivity contribution in [2.75, 3.05) is 25.0 Å². The van der Waals surface area contributed by atoms with E-state index in [1.54, 1.807) is 0 Å². The van der Waals surface area contributed by atoms with Crippen LogP contribution in [-0.4, -0.2) is 30.6 Å². The predicted octanol–water partition coefficient (Wildman–Crippen LogP) is 3.54. The second kappa shape index (κ2) is 5.96. The summed E-state index contributed by atoms with van der Waals surface area (Å²) in [4.78, 5) is 2.73. The highest BCUT2D eigenvalue weighted by atomic mass is 15.2. The summed E-state index contributed by atoms with van der Waals surface area (Å²) < 4.78 is 0. The number of nitrogens with zero attached hydrogens (tertiary/aromatic N) is 1. The third-order valence-corrected chi connectivity index (χ3v) is 4.98. The summed E-state index contributed by atoms with van der Waals surface area (Å²) in [6.07, 6.45) is 6.80. The fraction of sp³-hybridized carbons (Fsp3) is 0.647. The smallest absolute Gasteiger partial charge is 0.0373 e. The van der Waals surface area contributed by atoms with E-state index < -0.39 is 0 Å². The molecule has 1 N–H and O–H groups in total. The van der Waals surface area contributed by atoms with Gasteiger partial charge in [-0.1, -0.05) is 31.5 Å². The van der Waals surface area contributed by atoms with Crippen molar-refractivity contribution in [3.05, 3.63) is 29.8 Å². The molecule has 1 fully saturated rings. The molecule has 0 saturated carbocycles. The van der Waals surface area contributed by atoms with Crippen LogP contribution in [0, 0.1) is 5.92 Å². The third kappa shape index (κ3) is 2.94. The highest BCUT2D eigenvalue weighted by molar-refractivity contribution is 5.53. The van der Waals surface area contributed by atoms with E-state index >= 15 is 0 Å². The van der Waals surface area contributed by atoms with Crippen LogP contribution in [0.25, 0.3) is 0 Å². The van der Waals surface area contributed by atoms with Gasteiger partial charge in [-0.25, -0.2) is 0 Å². The van der Waals surface area contributed by atoms with Crippen LogP contribution in [-0.2, 0) is 6.42 Å². The molecule has 1 aromatic rings. The third-order valence-electron chi connectivity index (χ3n) is 4.98. The average molecular weight is 258 g/mol. The Morgan fingerprint density at radius 3 is 3.00 bits per heavy atom. The lowest BCUT2D eigenvalue weighted by Crippen LogP contribution is -2.44. The van der Waals surface area contributed by atoms with Gasteiger partial charge in [-0.2, -0.15) is 0 Å². The molecule has 0 spiro atoms. The normalized spacial score (nSPS) is 28.3. The summed E-state index contributed by atoms with van der Waals surface area (Å²) in [6, 6.07) is 9.48. The van der Waals surface area contributed by atoms with Gasteiger partial charge in [0.05, 0.1) is 0 Å². The fourth-order valence-electron chi connectivity index (χ4n) is 3.64. The second-order valence-corrected chi connectivity index (χ2v) is 6.14. The Balaban J connectivity index is 1.64. The Morgan fingerprint density at radius 2 is 2.11 bits per heavy atom. The molecular weight excluding hydrogens is 232 g/mol. The number of anilines is 1. The van der Waals surface area contributed by atoms with Crippen LogP contribution in [0.5, 0.6) is 0 Å². The molecular formula is C17H26N2. The molecule has 0 aromatic heterocycles. The van der Waals surface area contributed by atoms with Gasteiger partial charge in [0.1, 0.15) is 0 Å². The zero-order chi connectivity index (χ0) is 13.1. The summed E-state index contributed by atoms with van der Waals surface area (Å²) in [5, 5.41) is 3.61. The van der Waals surface area contributed by atoms with Crippen molar-refractivity contribution in [3.63, 3.8) is 0 Å². The molecule has 0 aliphatic carbocycles. The minimum atomic E-state index is 0.700. The van der Waals surface area contributed by atoms with Gasteiger partial charge in [0.2, 0.25) is 0 Å². The van der Waals surface area contributed by atoms with E-state index in [0.717, 1.165) is 12.5 Å². The number of likely N-dealkylation sites (tertiary alicyclic amines) is 1. The van der Waals surface area contributed by atoms with Crippen molar-refractivity contribution in [1.29, 1.82) is 0 Å². The van der Waals surface area contributed by atoms with E-state index in [1.165, 1.54) is 56.4 Å². The lowest BCUT2D eigenvalue weighted by atomic mass is 9.97. The number of nitrogens with one attached hydrogen (secondary N) is 1. The molecule has 1 saturated heterocycles. The second-order valence-electron chi connectivity index (χ2n) is 6.14. The van der Waals surface area contributed by atoms with E-state index in [4.69, 9.17) is 0 Å². The molecule has 3 rings (SSSR count). The molecule has 2 aliphatic rings. The van der Waals surface area contributed by atoms with Crippen LogP contribution in [0.15, 0.2) is 24.3 Å². The van der Waals surface area contributed by atoms with E-state index in [9.17, 15) is 0 Å². The number of fused-ring (bicyclic) bond motifs is 1. The van der Waals surface area contributed by atoms with E-state index in [2.05, 4.69) is 41.4 Å². The summed E-state index contributed by atoms with van der Waals surface area (Å²) in [7, 11) is 0. The first-order chi connectivity index (χ1) is 9.36. The van der Waals surface area contributed by atoms with Crippen LogP contribution in [0.3, 0.4) is 0 Å². The molecule has 2 heterocycles. The standard InChI is InChI=1S/C17H26N2/c1-2-14-6-5-10-19(11-9-14)16-12-15-7-3-4-8-17(15)18-13-16/h3-4,7-8,14,16,18H,2,5-6,9-13H2,1H3. The summed E-state index contributed by atoms with van der Waals surface area (Å²) >= 11 is 0.